The minimum Gasteiger partial charge on any atom is -0.325 e. The Kier molecular flexibility index (Phi) is 4.98. The van der Waals surface area contributed by atoms with Gasteiger partial charge >= 0.3 is 0 Å². The first-order valence-corrected chi connectivity index (χ1v) is 7.04. The van der Waals surface area contributed by atoms with Crippen LogP contribution in [0.15, 0.2) is 47.4 Å². The Morgan fingerprint density at radius 2 is 1.80 bits per heavy atom. The molecule has 2 aromatic carbocycles. The maximum Gasteiger partial charge on any atom is 0.234 e. The number of carbonyl (C=O) groups excluding carboxylic acids is 1. The highest BCUT2D eigenvalue weighted by Gasteiger charge is 2.06. The van der Waals surface area contributed by atoms with Gasteiger partial charge in [0.25, 0.3) is 0 Å². The molecule has 2 nitrogen and oxygen atoms in total. The van der Waals surface area contributed by atoms with Crippen LogP contribution in [0, 0.1) is 11.6 Å². The first kappa shape index (κ1) is 14.8. The maximum atomic E-state index is 13.0. The number of hydrogen-bond acceptors (Lipinski definition) is 2. The number of thioether (sulfide) groups is 1. The minimum atomic E-state index is -0.923. The standard InChI is InChI=1S/C14H10ClF2NOS/c15-9-1-3-10(4-2-9)18-14(19)8-20-11-5-6-12(16)13(17)7-11/h1-7H,8H2,(H,18,19). The quantitative estimate of drug-likeness (QED) is 0.850. The molecule has 0 heterocycles. The Morgan fingerprint density at radius 1 is 1.10 bits per heavy atom. The molecule has 0 aliphatic carbocycles. The van der Waals surface area contributed by atoms with Gasteiger partial charge < -0.3 is 5.32 Å². The first-order valence-electron chi connectivity index (χ1n) is 5.68. The molecule has 0 saturated heterocycles. The molecule has 0 fully saturated rings. The molecule has 0 radical (unpaired) electrons. The van der Waals surface area contributed by atoms with Crippen LogP contribution in [0.25, 0.3) is 0 Å². The summed E-state index contributed by atoms with van der Waals surface area (Å²) in [6, 6.07) is 10.2. The van der Waals surface area contributed by atoms with Crippen molar-refractivity contribution < 1.29 is 13.6 Å². The molecule has 1 amide bonds. The zero-order valence-electron chi connectivity index (χ0n) is 10.2. The summed E-state index contributed by atoms with van der Waals surface area (Å²) in [5.41, 5.74) is 0.630. The molecule has 0 aliphatic heterocycles. The fraction of sp³-hybridized carbons (Fsp3) is 0.0714. The monoisotopic (exact) mass is 313 g/mol. The SMILES string of the molecule is O=C(CSc1ccc(F)c(F)c1)Nc1ccc(Cl)cc1. The molecule has 0 unspecified atom stereocenters. The predicted octanol–water partition coefficient (Wildman–Crippen LogP) is 4.35. The summed E-state index contributed by atoms with van der Waals surface area (Å²) in [6.45, 7) is 0. The normalized spacial score (nSPS) is 10.3. The Labute approximate surface area is 124 Å². The van der Waals surface area contributed by atoms with Crippen molar-refractivity contribution >= 4 is 35.0 Å². The fourth-order valence-corrected chi connectivity index (χ4v) is 2.29. The zero-order valence-corrected chi connectivity index (χ0v) is 11.8. The lowest BCUT2D eigenvalue weighted by Crippen LogP contribution is -2.13. The average molecular weight is 314 g/mol. The van der Waals surface area contributed by atoms with Gasteiger partial charge in [-0.2, -0.15) is 0 Å². The van der Waals surface area contributed by atoms with Crippen molar-refractivity contribution in [1.82, 2.24) is 0 Å². The maximum absolute atomic E-state index is 13.0. The molecular weight excluding hydrogens is 304 g/mol. The number of nitrogens with one attached hydrogen (secondary N) is 1. The van der Waals surface area contributed by atoms with E-state index < -0.39 is 11.6 Å². The van der Waals surface area contributed by atoms with Gasteiger partial charge in [-0.25, -0.2) is 8.78 Å². The molecule has 0 aromatic heterocycles. The van der Waals surface area contributed by atoms with Gasteiger partial charge in [0.1, 0.15) is 0 Å². The van der Waals surface area contributed by atoms with Crippen molar-refractivity contribution in [3.63, 3.8) is 0 Å². The molecule has 0 aliphatic rings. The van der Waals surface area contributed by atoms with Crippen LogP contribution in [0.4, 0.5) is 14.5 Å². The lowest BCUT2D eigenvalue weighted by atomic mass is 10.3. The molecule has 2 aromatic rings. The van der Waals surface area contributed by atoms with Crippen LogP contribution in [0.1, 0.15) is 0 Å². The molecule has 6 heteroatoms. The number of benzene rings is 2. The largest absolute Gasteiger partial charge is 0.325 e. The fourth-order valence-electron chi connectivity index (χ4n) is 1.45. The second-order valence-corrected chi connectivity index (χ2v) is 5.40. The van der Waals surface area contributed by atoms with Crippen molar-refractivity contribution in [1.29, 1.82) is 0 Å². The van der Waals surface area contributed by atoms with Crippen molar-refractivity contribution in [3.8, 4) is 0 Å². The molecule has 2 rings (SSSR count). The third kappa shape index (κ3) is 4.21. The molecule has 0 bridgehead atoms. The van der Waals surface area contributed by atoms with E-state index in [4.69, 9.17) is 11.6 Å². The van der Waals surface area contributed by atoms with Crippen LogP contribution in [0.3, 0.4) is 0 Å². The Hall–Kier alpha value is -1.59. The molecule has 0 spiro atoms. The summed E-state index contributed by atoms with van der Waals surface area (Å²) in [6.07, 6.45) is 0. The number of amides is 1. The van der Waals surface area contributed by atoms with Gasteiger partial charge in [-0.05, 0) is 42.5 Å². The lowest BCUT2D eigenvalue weighted by molar-refractivity contribution is -0.113. The van der Waals surface area contributed by atoms with Crippen LogP contribution in [0.5, 0.6) is 0 Å². The van der Waals surface area contributed by atoms with E-state index in [2.05, 4.69) is 5.32 Å². The lowest BCUT2D eigenvalue weighted by Gasteiger charge is -2.05. The number of anilines is 1. The second kappa shape index (κ2) is 6.72. The summed E-state index contributed by atoms with van der Waals surface area (Å²) in [4.78, 5) is 12.2. The summed E-state index contributed by atoms with van der Waals surface area (Å²) >= 11 is 6.86. The Morgan fingerprint density at radius 3 is 2.45 bits per heavy atom. The molecule has 0 saturated carbocycles. The summed E-state index contributed by atoms with van der Waals surface area (Å²) in [5.74, 6) is -1.96. The van der Waals surface area contributed by atoms with E-state index in [0.717, 1.165) is 23.9 Å². The Balaban J connectivity index is 1.88. The minimum absolute atomic E-state index is 0.105. The molecule has 104 valence electrons. The zero-order chi connectivity index (χ0) is 14.5. The van der Waals surface area contributed by atoms with E-state index in [1.807, 2.05) is 0 Å². The van der Waals surface area contributed by atoms with Crippen LogP contribution >= 0.6 is 23.4 Å². The van der Waals surface area contributed by atoms with Crippen LogP contribution in [0.2, 0.25) is 5.02 Å². The molecule has 1 N–H and O–H groups in total. The van der Waals surface area contributed by atoms with E-state index in [1.54, 1.807) is 24.3 Å². The van der Waals surface area contributed by atoms with E-state index in [-0.39, 0.29) is 11.7 Å². The number of halogens is 3. The summed E-state index contributed by atoms with van der Waals surface area (Å²) in [5, 5.41) is 3.26. The average Bonchev–Trinajstić information content (AvgIpc) is 2.43. The smallest absolute Gasteiger partial charge is 0.234 e. The van der Waals surface area contributed by atoms with Crippen molar-refractivity contribution in [3.05, 3.63) is 59.1 Å². The molecule has 20 heavy (non-hydrogen) atoms. The van der Waals surface area contributed by atoms with Gasteiger partial charge in [0.05, 0.1) is 5.75 Å². The third-order valence-electron chi connectivity index (χ3n) is 2.39. The predicted molar refractivity (Wildman–Crippen MR) is 77.2 cm³/mol. The van der Waals surface area contributed by atoms with Crippen molar-refractivity contribution in [2.24, 2.45) is 0 Å². The van der Waals surface area contributed by atoms with Gasteiger partial charge in [0, 0.05) is 15.6 Å². The van der Waals surface area contributed by atoms with Gasteiger partial charge in [-0.1, -0.05) is 11.6 Å². The number of rotatable bonds is 4. The topological polar surface area (TPSA) is 29.1 Å². The highest BCUT2D eigenvalue weighted by Crippen LogP contribution is 2.21. The van der Waals surface area contributed by atoms with E-state index in [1.165, 1.54) is 6.07 Å². The van der Waals surface area contributed by atoms with Crippen molar-refractivity contribution in [2.75, 3.05) is 11.1 Å². The first-order chi connectivity index (χ1) is 9.54. The van der Waals surface area contributed by atoms with Gasteiger partial charge in [-0.3, -0.25) is 4.79 Å². The highest BCUT2D eigenvalue weighted by atomic mass is 35.5. The summed E-state index contributed by atoms with van der Waals surface area (Å²) in [7, 11) is 0. The molecule has 0 atom stereocenters. The van der Waals surface area contributed by atoms with Crippen LogP contribution < -0.4 is 5.32 Å². The van der Waals surface area contributed by atoms with Gasteiger partial charge in [-0.15, -0.1) is 11.8 Å². The third-order valence-corrected chi connectivity index (χ3v) is 3.63. The van der Waals surface area contributed by atoms with Gasteiger partial charge in [0.15, 0.2) is 11.6 Å². The van der Waals surface area contributed by atoms with Crippen molar-refractivity contribution in [2.45, 2.75) is 4.90 Å². The Bertz CT molecular complexity index is 619. The van der Waals surface area contributed by atoms with E-state index >= 15 is 0 Å². The number of hydrogen-bond donors (Lipinski definition) is 1. The highest BCUT2D eigenvalue weighted by molar-refractivity contribution is 8.00. The van der Waals surface area contributed by atoms with E-state index in [9.17, 15) is 13.6 Å². The second-order valence-electron chi connectivity index (χ2n) is 3.92. The summed E-state index contributed by atoms with van der Waals surface area (Å²) < 4.78 is 25.7. The van der Waals surface area contributed by atoms with E-state index in [0.29, 0.717) is 15.6 Å². The van der Waals surface area contributed by atoms with Crippen LogP contribution in [-0.2, 0) is 4.79 Å². The molecular formula is C14H10ClF2NOS. The number of carbonyl (C=O) groups is 1. The van der Waals surface area contributed by atoms with Crippen LogP contribution in [-0.4, -0.2) is 11.7 Å². The van der Waals surface area contributed by atoms with Gasteiger partial charge in [0.2, 0.25) is 5.91 Å².